The molecule has 122 valence electrons. The maximum absolute atomic E-state index is 12.0. The molecule has 0 bridgehead atoms. The summed E-state index contributed by atoms with van der Waals surface area (Å²) in [7, 11) is 4.43. The third kappa shape index (κ3) is 3.76. The first-order valence-corrected chi connectivity index (χ1v) is 8.44. The Hall–Kier alpha value is -0.650. The Morgan fingerprint density at radius 1 is 1.43 bits per heavy atom. The number of nitrogens with two attached hydrogens (primary N) is 1. The zero-order valence-corrected chi connectivity index (χ0v) is 13.9. The summed E-state index contributed by atoms with van der Waals surface area (Å²) in [4.78, 5) is 16.9. The van der Waals surface area contributed by atoms with Crippen molar-refractivity contribution in [3.8, 4) is 0 Å². The number of nitrogens with zero attached hydrogens (tertiary/aromatic N) is 2. The van der Waals surface area contributed by atoms with Crippen LogP contribution in [0.4, 0.5) is 0 Å². The van der Waals surface area contributed by atoms with Crippen molar-refractivity contribution in [2.24, 2.45) is 5.73 Å². The highest BCUT2D eigenvalue weighted by Gasteiger charge is 2.42. The molecule has 3 unspecified atom stereocenters. The summed E-state index contributed by atoms with van der Waals surface area (Å²) in [6.07, 6.45) is 6.58. The molecule has 21 heavy (non-hydrogen) atoms. The fraction of sp³-hybridized carbons (Fsp3) is 0.938. The molecular formula is C16H32N4O. The molecule has 3 atom stereocenters. The number of hydrogen-bond donors (Lipinski definition) is 2. The molecule has 1 aliphatic heterocycles. The lowest BCUT2D eigenvalue weighted by atomic mass is 9.77. The molecule has 2 aliphatic rings. The zero-order valence-electron chi connectivity index (χ0n) is 13.9. The van der Waals surface area contributed by atoms with Gasteiger partial charge in [0.2, 0.25) is 5.91 Å². The van der Waals surface area contributed by atoms with E-state index in [-0.39, 0.29) is 5.91 Å². The van der Waals surface area contributed by atoms with Gasteiger partial charge in [0.1, 0.15) is 0 Å². The molecule has 0 aromatic carbocycles. The minimum atomic E-state index is -0.493. The minimum Gasteiger partial charge on any atom is -0.368 e. The second-order valence-electron chi connectivity index (χ2n) is 6.94. The van der Waals surface area contributed by atoms with Crippen molar-refractivity contribution in [3.63, 3.8) is 0 Å². The molecule has 1 heterocycles. The summed E-state index contributed by atoms with van der Waals surface area (Å²) in [5, 5.41) is 3.37. The Bertz CT molecular complexity index is 358. The highest BCUT2D eigenvalue weighted by atomic mass is 16.1. The lowest BCUT2D eigenvalue weighted by Crippen LogP contribution is -2.60. The van der Waals surface area contributed by atoms with Crippen LogP contribution in [0.25, 0.3) is 0 Å². The molecule has 2 rings (SSSR count). The average molecular weight is 296 g/mol. The van der Waals surface area contributed by atoms with E-state index in [1.54, 1.807) is 0 Å². The van der Waals surface area contributed by atoms with Gasteiger partial charge in [-0.05, 0) is 65.7 Å². The topological polar surface area (TPSA) is 61.6 Å². The summed E-state index contributed by atoms with van der Waals surface area (Å²) in [6, 6.07) is 1.12. The molecule has 5 heteroatoms. The molecule has 5 nitrogen and oxygen atoms in total. The molecular weight excluding hydrogens is 264 g/mol. The lowest BCUT2D eigenvalue weighted by Gasteiger charge is -2.43. The normalized spacial score (nSPS) is 34.5. The Labute approximate surface area is 129 Å². The van der Waals surface area contributed by atoms with E-state index in [1.807, 2.05) is 6.92 Å². The van der Waals surface area contributed by atoms with Crippen LogP contribution in [0.15, 0.2) is 0 Å². The van der Waals surface area contributed by atoms with Crippen LogP contribution in [-0.4, -0.2) is 67.1 Å². The molecule has 1 aliphatic carbocycles. The second-order valence-corrected chi connectivity index (χ2v) is 6.94. The number of rotatable bonds is 6. The SMILES string of the molecule is CCNC1(C(N)=O)CCCC(N(C)CC2CCCN2C)C1. The molecule has 0 spiro atoms. The number of amides is 1. The van der Waals surface area contributed by atoms with Crippen molar-refractivity contribution < 1.29 is 4.79 Å². The number of likely N-dealkylation sites (tertiary alicyclic amines) is 1. The number of nitrogens with one attached hydrogen (secondary N) is 1. The Kier molecular flexibility index (Phi) is 5.63. The van der Waals surface area contributed by atoms with Crippen molar-refractivity contribution in [2.75, 3.05) is 33.7 Å². The Morgan fingerprint density at radius 3 is 2.76 bits per heavy atom. The second kappa shape index (κ2) is 7.07. The van der Waals surface area contributed by atoms with Gasteiger partial charge >= 0.3 is 0 Å². The van der Waals surface area contributed by atoms with Gasteiger partial charge in [0.25, 0.3) is 0 Å². The van der Waals surface area contributed by atoms with E-state index in [9.17, 15) is 4.79 Å². The fourth-order valence-electron chi connectivity index (χ4n) is 4.12. The molecule has 2 fully saturated rings. The number of likely N-dealkylation sites (N-methyl/N-ethyl adjacent to an activating group) is 3. The van der Waals surface area contributed by atoms with Gasteiger partial charge in [-0.3, -0.25) is 4.79 Å². The van der Waals surface area contributed by atoms with Crippen LogP contribution < -0.4 is 11.1 Å². The van der Waals surface area contributed by atoms with E-state index in [0.29, 0.717) is 12.1 Å². The Morgan fingerprint density at radius 2 is 2.19 bits per heavy atom. The molecule has 0 aromatic rings. The largest absolute Gasteiger partial charge is 0.368 e. The van der Waals surface area contributed by atoms with Crippen LogP contribution in [0.2, 0.25) is 0 Å². The van der Waals surface area contributed by atoms with E-state index in [4.69, 9.17) is 5.73 Å². The van der Waals surface area contributed by atoms with Crippen molar-refractivity contribution >= 4 is 5.91 Å². The zero-order chi connectivity index (χ0) is 15.5. The van der Waals surface area contributed by atoms with Crippen LogP contribution in [0.3, 0.4) is 0 Å². The first-order chi connectivity index (χ1) is 9.98. The highest BCUT2D eigenvalue weighted by Crippen LogP contribution is 2.31. The van der Waals surface area contributed by atoms with E-state index in [2.05, 4.69) is 29.2 Å². The first-order valence-electron chi connectivity index (χ1n) is 8.44. The average Bonchev–Trinajstić information content (AvgIpc) is 2.84. The molecule has 0 aromatic heterocycles. The van der Waals surface area contributed by atoms with Gasteiger partial charge in [0, 0.05) is 18.6 Å². The van der Waals surface area contributed by atoms with Gasteiger partial charge in [-0.25, -0.2) is 0 Å². The van der Waals surface area contributed by atoms with Crippen LogP contribution >= 0.6 is 0 Å². The van der Waals surface area contributed by atoms with Crippen molar-refractivity contribution in [3.05, 3.63) is 0 Å². The van der Waals surface area contributed by atoms with Crippen molar-refractivity contribution in [1.82, 2.24) is 15.1 Å². The highest BCUT2D eigenvalue weighted by molar-refractivity contribution is 5.84. The van der Waals surface area contributed by atoms with Gasteiger partial charge in [-0.2, -0.15) is 0 Å². The third-order valence-electron chi connectivity index (χ3n) is 5.51. The summed E-state index contributed by atoms with van der Waals surface area (Å²) in [5.74, 6) is -0.180. The van der Waals surface area contributed by atoms with Gasteiger partial charge < -0.3 is 20.9 Å². The third-order valence-corrected chi connectivity index (χ3v) is 5.51. The summed E-state index contributed by atoms with van der Waals surface area (Å²) >= 11 is 0. The molecule has 1 amide bonds. The van der Waals surface area contributed by atoms with Crippen LogP contribution in [-0.2, 0) is 4.79 Å². The maximum Gasteiger partial charge on any atom is 0.237 e. The first kappa shape index (κ1) is 16.7. The lowest BCUT2D eigenvalue weighted by molar-refractivity contribution is -0.126. The quantitative estimate of drug-likeness (QED) is 0.761. The van der Waals surface area contributed by atoms with Crippen LogP contribution in [0, 0.1) is 0 Å². The standard InChI is InChI=1S/C16H32N4O/c1-4-18-16(15(17)21)9-5-7-13(11-16)20(3)12-14-8-6-10-19(14)2/h13-14,18H,4-12H2,1-3H3,(H2,17,21). The number of carbonyl (C=O) groups excluding carboxylic acids is 1. The predicted octanol–water partition coefficient (Wildman–Crippen LogP) is 0.789. The van der Waals surface area contributed by atoms with Gasteiger partial charge in [-0.1, -0.05) is 6.92 Å². The van der Waals surface area contributed by atoms with Crippen molar-refractivity contribution in [1.29, 1.82) is 0 Å². The molecule has 0 radical (unpaired) electrons. The number of primary amides is 1. The van der Waals surface area contributed by atoms with Crippen molar-refractivity contribution in [2.45, 2.75) is 63.1 Å². The van der Waals surface area contributed by atoms with Gasteiger partial charge in [-0.15, -0.1) is 0 Å². The molecule has 1 saturated heterocycles. The van der Waals surface area contributed by atoms with Crippen LogP contribution in [0.5, 0.6) is 0 Å². The number of carbonyl (C=O) groups is 1. The summed E-state index contributed by atoms with van der Waals surface area (Å²) < 4.78 is 0. The van der Waals surface area contributed by atoms with E-state index < -0.39 is 5.54 Å². The smallest absolute Gasteiger partial charge is 0.237 e. The van der Waals surface area contributed by atoms with E-state index in [0.717, 1.165) is 32.4 Å². The minimum absolute atomic E-state index is 0.180. The summed E-state index contributed by atoms with van der Waals surface area (Å²) in [5.41, 5.74) is 5.22. The van der Waals surface area contributed by atoms with Gasteiger partial charge in [0.15, 0.2) is 0 Å². The maximum atomic E-state index is 12.0. The van der Waals surface area contributed by atoms with Crippen LogP contribution in [0.1, 0.15) is 45.4 Å². The van der Waals surface area contributed by atoms with E-state index >= 15 is 0 Å². The summed E-state index contributed by atoms with van der Waals surface area (Å²) in [6.45, 7) is 5.16. The van der Waals surface area contributed by atoms with E-state index in [1.165, 1.54) is 25.8 Å². The monoisotopic (exact) mass is 296 g/mol. The fourth-order valence-corrected chi connectivity index (χ4v) is 4.12. The molecule has 1 saturated carbocycles. The molecule has 3 N–H and O–H groups in total. The Balaban J connectivity index is 1.97. The number of hydrogen-bond acceptors (Lipinski definition) is 4. The van der Waals surface area contributed by atoms with Gasteiger partial charge in [0.05, 0.1) is 5.54 Å². The predicted molar refractivity (Wildman–Crippen MR) is 86.1 cm³/mol.